The van der Waals surface area contributed by atoms with Crippen LogP contribution in [0.4, 0.5) is 0 Å². The van der Waals surface area contributed by atoms with Crippen molar-refractivity contribution in [3.63, 3.8) is 0 Å². The lowest BCUT2D eigenvalue weighted by Crippen LogP contribution is -2.56. The van der Waals surface area contributed by atoms with Gasteiger partial charge in [-0.25, -0.2) is 0 Å². The van der Waals surface area contributed by atoms with Crippen LogP contribution in [0, 0.1) is 11.8 Å². The number of aromatic nitrogens is 2. The summed E-state index contributed by atoms with van der Waals surface area (Å²) in [6.45, 7) is 2.05. The maximum atomic E-state index is 12.9. The zero-order chi connectivity index (χ0) is 16.6. The summed E-state index contributed by atoms with van der Waals surface area (Å²) < 4.78 is 1.80. The first-order valence-electron chi connectivity index (χ1n) is 9.23. The van der Waals surface area contributed by atoms with Crippen LogP contribution in [0.1, 0.15) is 44.9 Å². The molecule has 0 bridgehead atoms. The summed E-state index contributed by atoms with van der Waals surface area (Å²) >= 11 is 0. The van der Waals surface area contributed by atoms with Gasteiger partial charge in [0.25, 0.3) is 0 Å². The lowest BCUT2D eigenvalue weighted by atomic mass is 9.86. The number of hydrogen-bond donors (Lipinski definition) is 1. The summed E-state index contributed by atoms with van der Waals surface area (Å²) in [6, 6.07) is 1.86. The standard InChI is InChI=1S/C18H26N4O2/c23-16(12-14-2-3-14)21-10-6-18(7-11-21,22-9-1-8-20-22)17(24)19-13-15-4-5-15/h1,8-9,14-15H,2-7,10-13H2,(H,19,24). The topological polar surface area (TPSA) is 67.2 Å². The summed E-state index contributed by atoms with van der Waals surface area (Å²) in [4.78, 5) is 27.2. The molecule has 6 heteroatoms. The average molecular weight is 330 g/mol. The van der Waals surface area contributed by atoms with E-state index in [1.807, 2.05) is 17.2 Å². The lowest BCUT2D eigenvalue weighted by molar-refractivity contribution is -0.140. The van der Waals surface area contributed by atoms with Gasteiger partial charge in [0.2, 0.25) is 11.8 Å². The van der Waals surface area contributed by atoms with E-state index in [1.165, 1.54) is 25.7 Å². The smallest absolute Gasteiger partial charge is 0.248 e. The van der Waals surface area contributed by atoms with E-state index in [4.69, 9.17) is 0 Å². The van der Waals surface area contributed by atoms with Crippen LogP contribution in [0.2, 0.25) is 0 Å². The maximum absolute atomic E-state index is 12.9. The summed E-state index contributed by atoms with van der Waals surface area (Å²) in [5, 5.41) is 7.48. The first kappa shape index (κ1) is 15.7. The minimum Gasteiger partial charge on any atom is -0.354 e. The second-order valence-corrected chi connectivity index (χ2v) is 7.66. The lowest BCUT2D eigenvalue weighted by Gasteiger charge is -2.40. The zero-order valence-electron chi connectivity index (χ0n) is 14.1. The van der Waals surface area contributed by atoms with Crippen LogP contribution in [0.25, 0.3) is 0 Å². The van der Waals surface area contributed by atoms with Gasteiger partial charge in [0.1, 0.15) is 5.54 Å². The van der Waals surface area contributed by atoms with Crippen molar-refractivity contribution in [2.24, 2.45) is 11.8 Å². The fourth-order valence-corrected chi connectivity index (χ4v) is 3.63. The van der Waals surface area contributed by atoms with Crippen molar-refractivity contribution >= 4 is 11.8 Å². The van der Waals surface area contributed by atoms with Crippen LogP contribution in [-0.2, 0) is 15.1 Å². The average Bonchev–Trinajstić information content (AvgIpc) is 3.53. The Hall–Kier alpha value is -1.85. The highest BCUT2D eigenvalue weighted by Crippen LogP contribution is 2.35. The predicted molar refractivity (Wildman–Crippen MR) is 89.1 cm³/mol. The number of amides is 2. The molecule has 4 rings (SSSR count). The van der Waals surface area contributed by atoms with E-state index >= 15 is 0 Å². The molecule has 0 unspecified atom stereocenters. The molecule has 2 aliphatic carbocycles. The van der Waals surface area contributed by atoms with Gasteiger partial charge in [-0.2, -0.15) is 5.10 Å². The molecular weight excluding hydrogens is 304 g/mol. The molecule has 0 atom stereocenters. The van der Waals surface area contributed by atoms with Crippen molar-refractivity contribution in [2.45, 2.75) is 50.5 Å². The normalized spacial score (nSPS) is 23.1. The number of carbonyl (C=O) groups is 2. The molecule has 3 fully saturated rings. The molecule has 1 aromatic rings. The van der Waals surface area contributed by atoms with Crippen LogP contribution in [-0.4, -0.2) is 46.1 Å². The molecule has 1 aliphatic heterocycles. The van der Waals surface area contributed by atoms with Crippen LogP contribution in [0.5, 0.6) is 0 Å². The Kier molecular flexibility index (Phi) is 4.06. The van der Waals surface area contributed by atoms with Gasteiger partial charge in [-0.15, -0.1) is 0 Å². The van der Waals surface area contributed by atoms with E-state index < -0.39 is 5.54 Å². The molecule has 2 amide bonds. The second kappa shape index (κ2) is 6.22. The molecule has 2 saturated carbocycles. The molecule has 2 heterocycles. The van der Waals surface area contributed by atoms with Gasteiger partial charge in [0.15, 0.2) is 0 Å². The fourth-order valence-electron chi connectivity index (χ4n) is 3.63. The van der Waals surface area contributed by atoms with Crippen molar-refractivity contribution in [3.05, 3.63) is 18.5 Å². The molecular formula is C18H26N4O2. The third-order valence-corrected chi connectivity index (χ3v) is 5.72. The molecule has 0 spiro atoms. The first-order chi connectivity index (χ1) is 11.7. The molecule has 1 aromatic heterocycles. The van der Waals surface area contributed by atoms with Gasteiger partial charge in [0.05, 0.1) is 0 Å². The monoisotopic (exact) mass is 330 g/mol. The van der Waals surface area contributed by atoms with Gasteiger partial charge in [-0.3, -0.25) is 14.3 Å². The number of likely N-dealkylation sites (tertiary alicyclic amines) is 1. The van der Waals surface area contributed by atoms with E-state index in [0.29, 0.717) is 44.2 Å². The number of rotatable bonds is 6. The van der Waals surface area contributed by atoms with Crippen molar-refractivity contribution in [2.75, 3.05) is 19.6 Å². The van der Waals surface area contributed by atoms with Crippen LogP contribution in [0.15, 0.2) is 18.5 Å². The van der Waals surface area contributed by atoms with Gasteiger partial charge >= 0.3 is 0 Å². The van der Waals surface area contributed by atoms with Crippen LogP contribution >= 0.6 is 0 Å². The van der Waals surface area contributed by atoms with E-state index in [0.717, 1.165) is 6.54 Å². The summed E-state index contributed by atoms with van der Waals surface area (Å²) in [6.07, 6.45) is 10.4. The van der Waals surface area contributed by atoms with E-state index in [2.05, 4.69) is 10.4 Å². The molecule has 0 aromatic carbocycles. The SMILES string of the molecule is O=C(CC1CC1)N1CCC(C(=O)NCC2CC2)(n2cccn2)CC1. The molecule has 1 N–H and O–H groups in total. The Labute approximate surface area is 142 Å². The highest BCUT2D eigenvalue weighted by molar-refractivity contribution is 5.85. The van der Waals surface area contributed by atoms with E-state index in [9.17, 15) is 9.59 Å². The molecule has 24 heavy (non-hydrogen) atoms. The molecule has 3 aliphatic rings. The predicted octanol–water partition coefficient (Wildman–Crippen LogP) is 1.53. The Morgan fingerprint density at radius 3 is 2.42 bits per heavy atom. The Morgan fingerprint density at radius 2 is 1.83 bits per heavy atom. The first-order valence-corrected chi connectivity index (χ1v) is 9.23. The number of piperidine rings is 1. The summed E-state index contributed by atoms with van der Waals surface area (Å²) in [5.74, 6) is 1.58. The molecule has 1 saturated heterocycles. The number of nitrogens with zero attached hydrogens (tertiary/aromatic N) is 3. The number of carbonyl (C=O) groups excluding carboxylic acids is 2. The molecule has 6 nitrogen and oxygen atoms in total. The highest BCUT2D eigenvalue weighted by Gasteiger charge is 2.45. The van der Waals surface area contributed by atoms with Gasteiger partial charge in [-0.05, 0) is 56.4 Å². The Bertz CT molecular complexity index is 597. The van der Waals surface area contributed by atoms with Crippen molar-refractivity contribution in [1.82, 2.24) is 20.0 Å². The molecule has 0 radical (unpaired) electrons. The number of nitrogens with one attached hydrogen (secondary N) is 1. The van der Waals surface area contributed by atoms with Crippen LogP contribution < -0.4 is 5.32 Å². The van der Waals surface area contributed by atoms with E-state index in [-0.39, 0.29) is 11.8 Å². The minimum absolute atomic E-state index is 0.0624. The van der Waals surface area contributed by atoms with E-state index in [1.54, 1.807) is 10.9 Å². The highest BCUT2D eigenvalue weighted by atomic mass is 16.2. The number of hydrogen-bond acceptors (Lipinski definition) is 3. The summed E-state index contributed by atoms with van der Waals surface area (Å²) in [5.41, 5.74) is -0.644. The second-order valence-electron chi connectivity index (χ2n) is 7.66. The Balaban J connectivity index is 1.43. The maximum Gasteiger partial charge on any atom is 0.248 e. The van der Waals surface area contributed by atoms with Crippen molar-refractivity contribution in [3.8, 4) is 0 Å². The minimum atomic E-state index is -0.644. The quantitative estimate of drug-likeness (QED) is 0.860. The van der Waals surface area contributed by atoms with Gasteiger partial charge in [0, 0.05) is 38.4 Å². The van der Waals surface area contributed by atoms with Gasteiger partial charge < -0.3 is 10.2 Å². The van der Waals surface area contributed by atoms with Crippen molar-refractivity contribution < 1.29 is 9.59 Å². The molecule has 130 valence electrons. The van der Waals surface area contributed by atoms with Crippen molar-refractivity contribution in [1.29, 1.82) is 0 Å². The van der Waals surface area contributed by atoms with Crippen LogP contribution in [0.3, 0.4) is 0 Å². The third kappa shape index (κ3) is 3.19. The van der Waals surface area contributed by atoms with Gasteiger partial charge in [-0.1, -0.05) is 0 Å². The third-order valence-electron chi connectivity index (χ3n) is 5.72. The zero-order valence-corrected chi connectivity index (χ0v) is 14.1. The summed E-state index contributed by atoms with van der Waals surface area (Å²) in [7, 11) is 0. The fraction of sp³-hybridized carbons (Fsp3) is 0.722. The largest absolute Gasteiger partial charge is 0.354 e. The Morgan fingerprint density at radius 1 is 1.12 bits per heavy atom.